The van der Waals surface area contributed by atoms with Gasteiger partial charge in [-0.25, -0.2) is 0 Å². The van der Waals surface area contributed by atoms with Crippen molar-refractivity contribution in [2.45, 2.75) is 0 Å². The molecule has 1 aromatic heterocycles. The number of aromatic nitrogens is 2. The lowest BCUT2D eigenvalue weighted by molar-refractivity contribution is 0.0987. The number of amides is 1. The fourth-order valence-corrected chi connectivity index (χ4v) is 2.50. The van der Waals surface area contributed by atoms with Crippen molar-refractivity contribution in [2.75, 3.05) is 37.5 Å². The Bertz CT molecular complexity index is 884. The number of ether oxygens (including phenoxy) is 2. The average molecular weight is 378 g/mol. The van der Waals surface area contributed by atoms with Crippen LogP contribution < -0.4 is 19.7 Å². The van der Waals surface area contributed by atoms with Gasteiger partial charge < -0.3 is 19.7 Å². The minimum Gasteiger partial charge on any atom is -0.497 e. The molecule has 0 aliphatic carbocycles. The van der Waals surface area contributed by atoms with E-state index in [4.69, 9.17) is 9.47 Å². The van der Waals surface area contributed by atoms with Crippen LogP contribution in [0.3, 0.4) is 0 Å². The molecule has 3 rings (SSSR count). The standard InChI is InChI=1S/C21H22N4O3/c1-25(16-6-4-3-5-7-16)21(26)19-12-13-20(24-23-19)22-14-15-28-18-10-8-17(27-2)9-11-18/h3-13H,14-15H2,1-2H3,(H,22,24). The Kier molecular flexibility index (Phi) is 6.41. The molecule has 0 fully saturated rings. The van der Waals surface area contributed by atoms with E-state index in [1.165, 1.54) is 0 Å². The maximum absolute atomic E-state index is 12.5. The smallest absolute Gasteiger partial charge is 0.278 e. The molecule has 2 aromatic carbocycles. The zero-order chi connectivity index (χ0) is 19.8. The summed E-state index contributed by atoms with van der Waals surface area (Å²) in [6.07, 6.45) is 0. The Balaban J connectivity index is 1.48. The third kappa shape index (κ3) is 4.97. The molecule has 0 saturated heterocycles. The number of hydrogen-bond donors (Lipinski definition) is 1. The maximum atomic E-state index is 12.5. The molecule has 1 amide bonds. The number of carbonyl (C=O) groups excluding carboxylic acids is 1. The van der Waals surface area contributed by atoms with Crippen LogP contribution in [-0.4, -0.2) is 43.4 Å². The summed E-state index contributed by atoms with van der Waals surface area (Å²) in [5, 5.41) is 11.2. The molecule has 1 N–H and O–H groups in total. The summed E-state index contributed by atoms with van der Waals surface area (Å²) in [4.78, 5) is 14.0. The van der Waals surface area contributed by atoms with Gasteiger partial charge in [-0.1, -0.05) is 18.2 Å². The average Bonchev–Trinajstić information content (AvgIpc) is 2.77. The van der Waals surface area contributed by atoms with Gasteiger partial charge in [0.1, 0.15) is 23.9 Å². The Labute approximate surface area is 163 Å². The lowest BCUT2D eigenvalue weighted by atomic mass is 10.2. The summed E-state index contributed by atoms with van der Waals surface area (Å²) in [5.74, 6) is 1.91. The van der Waals surface area contributed by atoms with E-state index in [1.54, 1.807) is 31.2 Å². The molecule has 0 spiro atoms. The zero-order valence-corrected chi connectivity index (χ0v) is 15.8. The van der Waals surface area contributed by atoms with Crippen LogP contribution in [0.2, 0.25) is 0 Å². The van der Waals surface area contributed by atoms with Crippen LogP contribution in [0, 0.1) is 0 Å². The molecule has 3 aromatic rings. The number of benzene rings is 2. The lowest BCUT2D eigenvalue weighted by Crippen LogP contribution is -2.27. The van der Waals surface area contributed by atoms with Crippen LogP contribution in [0.25, 0.3) is 0 Å². The number of nitrogens with one attached hydrogen (secondary N) is 1. The second kappa shape index (κ2) is 9.36. The van der Waals surface area contributed by atoms with Crippen LogP contribution in [0.4, 0.5) is 11.5 Å². The predicted octanol–water partition coefficient (Wildman–Crippen LogP) is 3.25. The lowest BCUT2D eigenvalue weighted by Gasteiger charge is -2.16. The second-order valence-electron chi connectivity index (χ2n) is 5.95. The van der Waals surface area contributed by atoms with E-state index in [0.29, 0.717) is 19.0 Å². The summed E-state index contributed by atoms with van der Waals surface area (Å²) >= 11 is 0. The number of methoxy groups -OCH3 is 1. The van der Waals surface area contributed by atoms with E-state index in [-0.39, 0.29) is 11.6 Å². The van der Waals surface area contributed by atoms with Gasteiger partial charge >= 0.3 is 0 Å². The van der Waals surface area contributed by atoms with Crippen molar-refractivity contribution in [1.29, 1.82) is 0 Å². The van der Waals surface area contributed by atoms with Crippen LogP contribution in [-0.2, 0) is 0 Å². The van der Waals surface area contributed by atoms with Gasteiger partial charge in [0.25, 0.3) is 5.91 Å². The van der Waals surface area contributed by atoms with E-state index < -0.39 is 0 Å². The van der Waals surface area contributed by atoms with Crippen molar-refractivity contribution in [3.8, 4) is 11.5 Å². The molecular formula is C21H22N4O3. The molecule has 0 saturated carbocycles. The number of carbonyl (C=O) groups is 1. The SMILES string of the molecule is COc1ccc(OCCNc2ccc(C(=O)N(C)c3ccccc3)nn2)cc1. The molecule has 0 unspecified atom stereocenters. The van der Waals surface area contributed by atoms with E-state index in [1.807, 2.05) is 54.6 Å². The number of anilines is 2. The van der Waals surface area contributed by atoms with Gasteiger partial charge in [-0.15, -0.1) is 10.2 Å². The van der Waals surface area contributed by atoms with Gasteiger partial charge in [0, 0.05) is 12.7 Å². The van der Waals surface area contributed by atoms with E-state index in [0.717, 1.165) is 17.2 Å². The Morgan fingerprint density at radius 2 is 1.68 bits per heavy atom. The zero-order valence-electron chi connectivity index (χ0n) is 15.8. The molecule has 7 heteroatoms. The summed E-state index contributed by atoms with van der Waals surface area (Å²) in [5.41, 5.74) is 1.08. The van der Waals surface area contributed by atoms with Gasteiger partial charge in [-0.3, -0.25) is 4.79 Å². The van der Waals surface area contributed by atoms with E-state index >= 15 is 0 Å². The normalized spacial score (nSPS) is 10.2. The first-order valence-corrected chi connectivity index (χ1v) is 8.85. The fraction of sp³-hybridized carbons (Fsp3) is 0.190. The Morgan fingerprint density at radius 1 is 0.964 bits per heavy atom. The summed E-state index contributed by atoms with van der Waals surface area (Å²) in [7, 11) is 3.33. The van der Waals surface area contributed by atoms with Crippen LogP contribution in [0.15, 0.2) is 66.7 Å². The molecule has 28 heavy (non-hydrogen) atoms. The topological polar surface area (TPSA) is 76.6 Å². The van der Waals surface area contributed by atoms with Gasteiger partial charge in [-0.2, -0.15) is 0 Å². The third-order valence-electron chi connectivity index (χ3n) is 4.07. The van der Waals surface area contributed by atoms with Crippen molar-refractivity contribution in [3.05, 3.63) is 72.4 Å². The highest BCUT2D eigenvalue weighted by Gasteiger charge is 2.15. The summed E-state index contributed by atoms with van der Waals surface area (Å²) < 4.78 is 10.8. The highest BCUT2D eigenvalue weighted by molar-refractivity contribution is 6.04. The first kappa shape index (κ1) is 19.2. The monoisotopic (exact) mass is 378 g/mol. The third-order valence-corrected chi connectivity index (χ3v) is 4.07. The van der Waals surface area contributed by atoms with Gasteiger partial charge in [0.2, 0.25) is 0 Å². The molecule has 144 valence electrons. The van der Waals surface area contributed by atoms with Gasteiger partial charge in [0.05, 0.1) is 13.7 Å². The second-order valence-corrected chi connectivity index (χ2v) is 5.95. The van der Waals surface area contributed by atoms with Gasteiger partial charge in [-0.05, 0) is 48.5 Å². The molecule has 7 nitrogen and oxygen atoms in total. The molecule has 1 heterocycles. The number of hydrogen-bond acceptors (Lipinski definition) is 6. The number of rotatable bonds is 8. The van der Waals surface area contributed by atoms with Gasteiger partial charge in [0.15, 0.2) is 5.69 Å². The Morgan fingerprint density at radius 3 is 2.32 bits per heavy atom. The van der Waals surface area contributed by atoms with Crippen molar-refractivity contribution >= 4 is 17.4 Å². The van der Waals surface area contributed by atoms with Crippen LogP contribution >= 0.6 is 0 Å². The van der Waals surface area contributed by atoms with Crippen molar-refractivity contribution in [2.24, 2.45) is 0 Å². The molecular weight excluding hydrogens is 356 g/mol. The molecule has 0 aliphatic rings. The minimum absolute atomic E-state index is 0.215. The number of para-hydroxylation sites is 1. The van der Waals surface area contributed by atoms with E-state index in [9.17, 15) is 4.79 Å². The van der Waals surface area contributed by atoms with Crippen LogP contribution in [0.1, 0.15) is 10.5 Å². The van der Waals surface area contributed by atoms with Crippen molar-refractivity contribution in [1.82, 2.24) is 10.2 Å². The minimum atomic E-state index is -0.215. The predicted molar refractivity (Wildman–Crippen MR) is 108 cm³/mol. The fourth-order valence-electron chi connectivity index (χ4n) is 2.50. The van der Waals surface area contributed by atoms with Crippen molar-refractivity contribution in [3.63, 3.8) is 0 Å². The molecule has 0 aliphatic heterocycles. The first-order chi connectivity index (χ1) is 13.7. The highest BCUT2D eigenvalue weighted by atomic mass is 16.5. The van der Waals surface area contributed by atoms with E-state index in [2.05, 4.69) is 15.5 Å². The molecule has 0 bridgehead atoms. The van der Waals surface area contributed by atoms with Crippen LogP contribution in [0.5, 0.6) is 11.5 Å². The number of nitrogens with zero attached hydrogens (tertiary/aromatic N) is 3. The largest absolute Gasteiger partial charge is 0.497 e. The first-order valence-electron chi connectivity index (χ1n) is 8.85. The molecule has 0 radical (unpaired) electrons. The summed E-state index contributed by atoms with van der Waals surface area (Å²) in [6, 6.07) is 20.2. The highest BCUT2D eigenvalue weighted by Crippen LogP contribution is 2.17. The summed E-state index contributed by atoms with van der Waals surface area (Å²) in [6.45, 7) is 1.02. The van der Waals surface area contributed by atoms with Crippen molar-refractivity contribution < 1.29 is 14.3 Å². The quantitative estimate of drug-likeness (QED) is 0.607. The Hall–Kier alpha value is -3.61. The maximum Gasteiger partial charge on any atom is 0.278 e. The molecule has 0 atom stereocenters.